The molecule has 2 aromatic carbocycles. The first kappa shape index (κ1) is 21.6. The van der Waals surface area contributed by atoms with E-state index in [1.807, 2.05) is 12.1 Å². The Hall–Kier alpha value is -3.06. The summed E-state index contributed by atoms with van der Waals surface area (Å²) in [5.74, 6) is 1.46. The average Bonchev–Trinajstić information content (AvgIpc) is 2.78. The van der Waals surface area contributed by atoms with Crippen LogP contribution in [0.25, 0.3) is 6.08 Å². The molecular formula is C23H28FN2O4+. The van der Waals surface area contributed by atoms with Crippen LogP contribution in [0.3, 0.4) is 0 Å². The van der Waals surface area contributed by atoms with Gasteiger partial charge in [0.25, 0.3) is 0 Å². The maximum absolute atomic E-state index is 13.7. The number of hydrogen-bond donors (Lipinski definition) is 1. The Morgan fingerprint density at radius 3 is 2.37 bits per heavy atom. The SMILES string of the molecule is COc1ccc(C[NH+]2CCN(C(=O)/C=C/c3ccccc3F)CC2)c(OC)c1OC. The van der Waals surface area contributed by atoms with Gasteiger partial charge in [-0.2, -0.15) is 0 Å². The number of carbonyl (C=O) groups excluding carboxylic acids is 1. The zero-order valence-electron chi connectivity index (χ0n) is 17.6. The summed E-state index contributed by atoms with van der Waals surface area (Å²) >= 11 is 0. The molecule has 30 heavy (non-hydrogen) atoms. The smallest absolute Gasteiger partial charge is 0.246 e. The molecule has 1 fully saturated rings. The van der Waals surface area contributed by atoms with E-state index in [0.717, 1.165) is 25.2 Å². The minimum absolute atomic E-state index is 0.0963. The Kier molecular flexibility index (Phi) is 7.30. The molecule has 1 N–H and O–H groups in total. The zero-order chi connectivity index (χ0) is 21.5. The second-order valence-corrected chi connectivity index (χ2v) is 7.10. The van der Waals surface area contributed by atoms with Gasteiger partial charge in [0.15, 0.2) is 11.5 Å². The van der Waals surface area contributed by atoms with E-state index in [2.05, 4.69) is 0 Å². The van der Waals surface area contributed by atoms with Gasteiger partial charge in [-0.05, 0) is 24.3 Å². The number of nitrogens with one attached hydrogen (secondary N) is 1. The van der Waals surface area contributed by atoms with Crippen LogP contribution in [-0.2, 0) is 11.3 Å². The molecule has 0 spiro atoms. The van der Waals surface area contributed by atoms with E-state index >= 15 is 0 Å². The normalized spacial score (nSPS) is 14.7. The van der Waals surface area contributed by atoms with Crippen molar-refractivity contribution < 1.29 is 28.3 Å². The fourth-order valence-corrected chi connectivity index (χ4v) is 3.67. The molecule has 1 heterocycles. The van der Waals surface area contributed by atoms with Crippen LogP contribution >= 0.6 is 0 Å². The topological polar surface area (TPSA) is 52.4 Å². The molecule has 0 saturated carbocycles. The van der Waals surface area contributed by atoms with E-state index in [4.69, 9.17) is 14.2 Å². The lowest BCUT2D eigenvalue weighted by Gasteiger charge is -2.32. The molecule has 0 radical (unpaired) electrons. The van der Waals surface area contributed by atoms with Crippen LogP contribution in [0.15, 0.2) is 42.5 Å². The van der Waals surface area contributed by atoms with Gasteiger partial charge in [-0.25, -0.2) is 4.39 Å². The molecule has 0 aliphatic carbocycles. The number of ether oxygens (including phenoxy) is 3. The summed E-state index contributed by atoms with van der Waals surface area (Å²) in [7, 11) is 4.81. The Morgan fingerprint density at radius 1 is 1.03 bits per heavy atom. The molecule has 3 rings (SSSR count). The second kappa shape index (κ2) is 10.1. The number of methoxy groups -OCH3 is 3. The molecule has 0 unspecified atom stereocenters. The van der Waals surface area contributed by atoms with E-state index in [0.29, 0.717) is 35.9 Å². The van der Waals surface area contributed by atoms with Gasteiger partial charge in [0.2, 0.25) is 11.7 Å². The lowest BCUT2D eigenvalue weighted by Crippen LogP contribution is -3.13. The predicted molar refractivity (Wildman–Crippen MR) is 113 cm³/mol. The summed E-state index contributed by atoms with van der Waals surface area (Å²) in [5.41, 5.74) is 1.44. The fraction of sp³-hybridized carbons (Fsp3) is 0.348. The fourth-order valence-electron chi connectivity index (χ4n) is 3.67. The highest BCUT2D eigenvalue weighted by molar-refractivity contribution is 5.91. The van der Waals surface area contributed by atoms with E-state index in [-0.39, 0.29) is 11.7 Å². The molecule has 7 heteroatoms. The van der Waals surface area contributed by atoms with Crippen molar-refractivity contribution in [2.24, 2.45) is 0 Å². The van der Waals surface area contributed by atoms with Gasteiger partial charge in [0.05, 0.1) is 53.1 Å². The number of amides is 1. The maximum atomic E-state index is 13.7. The first-order chi connectivity index (χ1) is 14.6. The van der Waals surface area contributed by atoms with Crippen LogP contribution in [0.1, 0.15) is 11.1 Å². The zero-order valence-corrected chi connectivity index (χ0v) is 17.6. The summed E-state index contributed by atoms with van der Waals surface area (Å²) in [5, 5.41) is 0. The summed E-state index contributed by atoms with van der Waals surface area (Å²) < 4.78 is 30.1. The molecule has 160 valence electrons. The van der Waals surface area contributed by atoms with E-state index < -0.39 is 0 Å². The van der Waals surface area contributed by atoms with Crippen LogP contribution in [0.5, 0.6) is 17.2 Å². The standard InChI is InChI=1S/C23H27FN2O4/c1-28-20-10-8-18(22(29-2)23(20)30-3)16-25-12-14-26(15-13-25)21(27)11-9-17-6-4-5-7-19(17)24/h4-11H,12-16H2,1-3H3/p+1/b11-9+. The minimum atomic E-state index is -0.334. The van der Waals surface area contributed by atoms with Gasteiger partial charge in [-0.3, -0.25) is 4.79 Å². The van der Waals surface area contributed by atoms with Crippen molar-refractivity contribution in [1.29, 1.82) is 0 Å². The summed E-state index contributed by atoms with van der Waals surface area (Å²) in [6, 6.07) is 10.3. The molecule has 1 aliphatic heterocycles. The Bertz CT molecular complexity index is 908. The third kappa shape index (κ3) is 4.91. The molecule has 6 nitrogen and oxygen atoms in total. The van der Waals surface area contributed by atoms with Crippen LogP contribution in [0.2, 0.25) is 0 Å². The number of nitrogens with zero attached hydrogens (tertiary/aromatic N) is 1. The van der Waals surface area contributed by atoms with Crippen molar-refractivity contribution in [2.45, 2.75) is 6.54 Å². The van der Waals surface area contributed by atoms with Crippen molar-refractivity contribution in [3.8, 4) is 17.2 Å². The van der Waals surface area contributed by atoms with Crippen LogP contribution in [0.4, 0.5) is 4.39 Å². The van der Waals surface area contributed by atoms with Gasteiger partial charge in [0, 0.05) is 11.6 Å². The third-order valence-electron chi connectivity index (χ3n) is 5.32. The van der Waals surface area contributed by atoms with Crippen molar-refractivity contribution in [2.75, 3.05) is 47.5 Å². The quantitative estimate of drug-likeness (QED) is 0.701. The van der Waals surface area contributed by atoms with Gasteiger partial charge < -0.3 is 24.0 Å². The van der Waals surface area contributed by atoms with Crippen LogP contribution in [-0.4, -0.2) is 58.3 Å². The number of hydrogen-bond acceptors (Lipinski definition) is 4. The number of benzene rings is 2. The van der Waals surface area contributed by atoms with Crippen molar-refractivity contribution >= 4 is 12.0 Å². The monoisotopic (exact) mass is 415 g/mol. The van der Waals surface area contributed by atoms with Crippen molar-refractivity contribution in [3.63, 3.8) is 0 Å². The molecule has 1 amide bonds. The van der Waals surface area contributed by atoms with E-state index in [1.165, 1.54) is 23.1 Å². The van der Waals surface area contributed by atoms with Gasteiger partial charge in [-0.15, -0.1) is 0 Å². The molecule has 2 aromatic rings. The number of halogens is 1. The highest BCUT2D eigenvalue weighted by Crippen LogP contribution is 2.39. The van der Waals surface area contributed by atoms with E-state index in [1.54, 1.807) is 44.4 Å². The van der Waals surface area contributed by atoms with Crippen LogP contribution < -0.4 is 19.1 Å². The predicted octanol–water partition coefficient (Wildman–Crippen LogP) is 1.79. The van der Waals surface area contributed by atoms with Gasteiger partial charge >= 0.3 is 0 Å². The second-order valence-electron chi connectivity index (χ2n) is 7.10. The van der Waals surface area contributed by atoms with Gasteiger partial charge in [-0.1, -0.05) is 18.2 Å². The Balaban J connectivity index is 1.60. The molecule has 1 aliphatic rings. The number of quaternary nitrogens is 1. The lowest BCUT2D eigenvalue weighted by molar-refractivity contribution is -0.917. The van der Waals surface area contributed by atoms with Gasteiger partial charge in [0.1, 0.15) is 12.4 Å². The lowest BCUT2D eigenvalue weighted by atomic mass is 10.1. The molecule has 0 aromatic heterocycles. The summed E-state index contributed by atoms with van der Waals surface area (Å²) in [4.78, 5) is 15.6. The summed E-state index contributed by atoms with van der Waals surface area (Å²) in [6.07, 6.45) is 2.98. The molecule has 0 bridgehead atoms. The largest absolute Gasteiger partial charge is 0.493 e. The third-order valence-corrected chi connectivity index (χ3v) is 5.32. The molecular weight excluding hydrogens is 387 g/mol. The van der Waals surface area contributed by atoms with E-state index in [9.17, 15) is 9.18 Å². The van der Waals surface area contributed by atoms with Crippen molar-refractivity contribution in [1.82, 2.24) is 4.90 Å². The number of piperazine rings is 1. The number of rotatable bonds is 7. The average molecular weight is 415 g/mol. The first-order valence-electron chi connectivity index (χ1n) is 9.90. The molecule has 1 saturated heterocycles. The maximum Gasteiger partial charge on any atom is 0.246 e. The molecule has 0 atom stereocenters. The Labute approximate surface area is 176 Å². The minimum Gasteiger partial charge on any atom is -0.493 e. The highest BCUT2D eigenvalue weighted by atomic mass is 19.1. The van der Waals surface area contributed by atoms with Crippen LogP contribution in [0, 0.1) is 5.82 Å². The highest BCUT2D eigenvalue weighted by Gasteiger charge is 2.25. The Morgan fingerprint density at radius 2 is 1.73 bits per heavy atom. The first-order valence-corrected chi connectivity index (χ1v) is 9.90. The summed E-state index contributed by atoms with van der Waals surface area (Å²) in [6.45, 7) is 3.68. The van der Waals surface area contributed by atoms with Crippen molar-refractivity contribution in [3.05, 3.63) is 59.4 Å². The number of carbonyl (C=O) groups is 1.